The summed E-state index contributed by atoms with van der Waals surface area (Å²) in [6.45, 7) is 0. The quantitative estimate of drug-likeness (QED) is 0.464. The molecular formula is C11H9NO3S. The number of nitrogens with zero attached hydrogens (tertiary/aromatic N) is 1. The van der Waals surface area contributed by atoms with Crippen molar-refractivity contribution < 1.29 is 14.3 Å². The normalized spacial score (nSPS) is 10.3. The minimum absolute atomic E-state index is 0.254. The van der Waals surface area contributed by atoms with Crippen molar-refractivity contribution in [3.63, 3.8) is 0 Å². The predicted octanol–water partition coefficient (Wildman–Crippen LogP) is 2.04. The second-order valence-corrected chi connectivity index (χ2v) is 4.19. The molecule has 5 heteroatoms. The van der Waals surface area contributed by atoms with Gasteiger partial charge < -0.3 is 4.74 Å². The first kappa shape index (κ1) is 10.8. The Balaban J connectivity index is 2.26. The van der Waals surface area contributed by atoms with Gasteiger partial charge in [0.15, 0.2) is 5.01 Å². The summed E-state index contributed by atoms with van der Waals surface area (Å²) < 4.78 is 5.37. The third kappa shape index (κ3) is 2.09. The Labute approximate surface area is 95.9 Å². The maximum absolute atomic E-state index is 11.6. The molecule has 0 aliphatic heterocycles. The number of para-hydroxylation sites is 1. The molecule has 0 spiro atoms. The number of methoxy groups -OCH3 is 1. The number of carbonyl (C=O) groups is 2. The highest BCUT2D eigenvalue weighted by Crippen LogP contribution is 2.22. The Morgan fingerprint density at radius 1 is 1.38 bits per heavy atom. The number of Topliss-reactive ketones (excluding diaryl/α,β-unsaturated/α-hetero) is 1. The van der Waals surface area contributed by atoms with E-state index in [9.17, 15) is 9.59 Å². The summed E-state index contributed by atoms with van der Waals surface area (Å²) in [5, 5.41) is 0.353. The highest BCUT2D eigenvalue weighted by molar-refractivity contribution is 7.20. The van der Waals surface area contributed by atoms with Gasteiger partial charge in [-0.1, -0.05) is 12.1 Å². The number of fused-ring (bicyclic) bond motifs is 1. The smallest absolute Gasteiger partial charge is 0.313 e. The van der Waals surface area contributed by atoms with Gasteiger partial charge >= 0.3 is 5.97 Å². The Bertz CT molecular complexity index is 514. The number of carbonyl (C=O) groups excluding carboxylic acids is 2. The molecule has 16 heavy (non-hydrogen) atoms. The van der Waals surface area contributed by atoms with Crippen LogP contribution in [0.5, 0.6) is 0 Å². The Morgan fingerprint density at radius 3 is 2.81 bits per heavy atom. The molecule has 0 aliphatic carbocycles. The van der Waals surface area contributed by atoms with Gasteiger partial charge in [0.25, 0.3) is 0 Å². The van der Waals surface area contributed by atoms with Crippen LogP contribution in [0.2, 0.25) is 0 Å². The summed E-state index contributed by atoms with van der Waals surface area (Å²) >= 11 is 1.29. The molecule has 0 aliphatic rings. The maximum Gasteiger partial charge on any atom is 0.313 e. The maximum atomic E-state index is 11.6. The average molecular weight is 235 g/mol. The van der Waals surface area contributed by atoms with E-state index in [1.807, 2.05) is 24.3 Å². The highest BCUT2D eigenvalue weighted by atomic mass is 32.1. The number of benzene rings is 1. The molecule has 0 bridgehead atoms. The van der Waals surface area contributed by atoms with E-state index in [-0.39, 0.29) is 12.2 Å². The van der Waals surface area contributed by atoms with Crippen LogP contribution < -0.4 is 0 Å². The fourth-order valence-corrected chi connectivity index (χ4v) is 2.17. The minimum atomic E-state index is -0.538. The molecule has 4 nitrogen and oxygen atoms in total. The molecule has 82 valence electrons. The first-order chi connectivity index (χ1) is 7.70. The molecule has 0 saturated heterocycles. The van der Waals surface area contributed by atoms with Crippen molar-refractivity contribution in [1.29, 1.82) is 0 Å². The molecule has 0 amide bonds. The Morgan fingerprint density at radius 2 is 2.12 bits per heavy atom. The molecule has 1 aromatic heterocycles. The van der Waals surface area contributed by atoms with Crippen molar-refractivity contribution in [3.05, 3.63) is 29.3 Å². The molecule has 2 rings (SSSR count). The van der Waals surface area contributed by atoms with Crippen LogP contribution in [0.15, 0.2) is 24.3 Å². The lowest BCUT2D eigenvalue weighted by Crippen LogP contribution is -2.09. The summed E-state index contributed by atoms with van der Waals surface area (Å²) in [7, 11) is 1.26. The summed E-state index contributed by atoms with van der Waals surface area (Å²) in [4.78, 5) is 26.7. The zero-order valence-corrected chi connectivity index (χ0v) is 9.41. The topological polar surface area (TPSA) is 56.3 Å². The second-order valence-electron chi connectivity index (χ2n) is 3.16. The van der Waals surface area contributed by atoms with Crippen LogP contribution >= 0.6 is 11.3 Å². The fourth-order valence-electron chi connectivity index (χ4n) is 1.27. The van der Waals surface area contributed by atoms with Crippen LogP contribution in [-0.2, 0) is 9.53 Å². The molecular weight excluding hydrogens is 226 g/mol. The predicted molar refractivity (Wildman–Crippen MR) is 60.6 cm³/mol. The van der Waals surface area contributed by atoms with Gasteiger partial charge in [0.2, 0.25) is 5.78 Å². The number of aromatic nitrogens is 1. The van der Waals surface area contributed by atoms with Gasteiger partial charge in [-0.15, -0.1) is 11.3 Å². The third-order valence-corrected chi connectivity index (χ3v) is 3.14. The standard InChI is InChI=1S/C11H9NO3S/c1-15-10(14)6-8(13)11-12-7-4-2-3-5-9(7)16-11/h2-5H,6H2,1H3. The Kier molecular flexibility index (Phi) is 2.96. The van der Waals surface area contributed by atoms with Crippen LogP contribution in [0.3, 0.4) is 0 Å². The lowest BCUT2D eigenvalue weighted by atomic mass is 10.3. The van der Waals surface area contributed by atoms with Crippen molar-refractivity contribution in [3.8, 4) is 0 Å². The largest absolute Gasteiger partial charge is 0.469 e. The molecule has 1 heterocycles. The number of thiazole rings is 1. The zero-order valence-electron chi connectivity index (χ0n) is 8.60. The summed E-state index contributed by atoms with van der Waals surface area (Å²) in [6.07, 6.45) is -0.254. The lowest BCUT2D eigenvalue weighted by molar-refractivity contribution is -0.139. The number of esters is 1. The van der Waals surface area contributed by atoms with Crippen molar-refractivity contribution >= 4 is 33.3 Å². The first-order valence-corrected chi connectivity index (χ1v) is 5.48. The van der Waals surface area contributed by atoms with Crippen molar-refractivity contribution in [1.82, 2.24) is 4.98 Å². The molecule has 2 aromatic rings. The van der Waals surface area contributed by atoms with Crippen molar-refractivity contribution in [2.24, 2.45) is 0 Å². The zero-order chi connectivity index (χ0) is 11.5. The number of hydrogen-bond donors (Lipinski definition) is 0. The van der Waals surface area contributed by atoms with Gasteiger partial charge in [0, 0.05) is 0 Å². The van der Waals surface area contributed by atoms with Crippen LogP contribution in [0.25, 0.3) is 10.2 Å². The SMILES string of the molecule is COC(=O)CC(=O)c1nc2ccccc2s1. The molecule has 0 saturated carbocycles. The molecule has 0 radical (unpaired) electrons. The van der Waals surface area contributed by atoms with Gasteiger partial charge in [-0.3, -0.25) is 9.59 Å². The van der Waals surface area contributed by atoms with E-state index < -0.39 is 5.97 Å². The van der Waals surface area contributed by atoms with Crippen LogP contribution in [0, 0.1) is 0 Å². The van der Waals surface area contributed by atoms with Gasteiger partial charge in [-0.2, -0.15) is 0 Å². The molecule has 0 N–H and O–H groups in total. The van der Waals surface area contributed by atoms with Crippen molar-refractivity contribution in [2.75, 3.05) is 7.11 Å². The van der Waals surface area contributed by atoms with Gasteiger partial charge in [-0.25, -0.2) is 4.98 Å². The minimum Gasteiger partial charge on any atom is -0.469 e. The van der Waals surface area contributed by atoms with E-state index in [2.05, 4.69) is 9.72 Å². The molecule has 0 fully saturated rings. The fraction of sp³-hybridized carbons (Fsp3) is 0.182. The van der Waals surface area contributed by atoms with Crippen LogP contribution in [0.1, 0.15) is 16.2 Å². The monoisotopic (exact) mass is 235 g/mol. The van der Waals surface area contributed by atoms with Gasteiger partial charge in [-0.05, 0) is 12.1 Å². The van der Waals surface area contributed by atoms with Gasteiger partial charge in [0.05, 0.1) is 17.3 Å². The van der Waals surface area contributed by atoms with E-state index in [4.69, 9.17) is 0 Å². The van der Waals surface area contributed by atoms with E-state index in [1.165, 1.54) is 18.4 Å². The molecule has 0 unspecified atom stereocenters. The molecule has 1 aromatic carbocycles. The van der Waals surface area contributed by atoms with E-state index in [0.29, 0.717) is 5.01 Å². The van der Waals surface area contributed by atoms with Gasteiger partial charge in [0.1, 0.15) is 6.42 Å². The number of hydrogen-bond acceptors (Lipinski definition) is 5. The summed E-state index contributed by atoms with van der Waals surface area (Å²) in [5.74, 6) is -0.836. The summed E-state index contributed by atoms with van der Waals surface area (Å²) in [6, 6.07) is 7.47. The Hall–Kier alpha value is -1.75. The van der Waals surface area contributed by atoms with E-state index in [1.54, 1.807) is 0 Å². The van der Waals surface area contributed by atoms with Crippen LogP contribution in [-0.4, -0.2) is 23.8 Å². The lowest BCUT2D eigenvalue weighted by Gasteiger charge is -1.94. The van der Waals surface area contributed by atoms with Crippen molar-refractivity contribution in [2.45, 2.75) is 6.42 Å². The first-order valence-electron chi connectivity index (χ1n) is 4.66. The summed E-state index contributed by atoms with van der Waals surface area (Å²) in [5.41, 5.74) is 0.778. The van der Waals surface area contributed by atoms with E-state index >= 15 is 0 Å². The number of ether oxygens (including phenoxy) is 1. The second kappa shape index (κ2) is 4.40. The third-order valence-electron chi connectivity index (χ3n) is 2.06. The number of rotatable bonds is 3. The molecule has 0 atom stereocenters. The van der Waals surface area contributed by atoms with Crippen LogP contribution in [0.4, 0.5) is 0 Å². The highest BCUT2D eigenvalue weighted by Gasteiger charge is 2.16. The number of ketones is 1. The van der Waals surface area contributed by atoms with E-state index in [0.717, 1.165) is 10.2 Å². The average Bonchev–Trinajstić information content (AvgIpc) is 2.72.